The highest BCUT2D eigenvalue weighted by molar-refractivity contribution is 4.98. The van der Waals surface area contributed by atoms with Gasteiger partial charge in [-0.2, -0.15) is 0 Å². The molecule has 82 valence electrons. The van der Waals surface area contributed by atoms with Crippen molar-refractivity contribution in [3.05, 3.63) is 0 Å². The van der Waals surface area contributed by atoms with E-state index in [-0.39, 0.29) is 0 Å². The molecule has 0 saturated heterocycles. The topological polar surface area (TPSA) is 20.2 Å². The minimum atomic E-state index is -0.460. The van der Waals surface area contributed by atoms with Gasteiger partial charge < -0.3 is 5.11 Å². The first-order chi connectivity index (χ1) is 6.38. The Morgan fingerprint density at radius 1 is 1.14 bits per heavy atom. The number of hydrogen-bond acceptors (Lipinski definition) is 1. The smallest absolute Gasteiger partial charge is 0.0594 e. The summed E-state index contributed by atoms with van der Waals surface area (Å²) in [5, 5.41) is 9.86. The van der Waals surface area contributed by atoms with E-state index in [0.29, 0.717) is 0 Å². The SMILES string of the molecule is CC1C2CC(CC(C)(C)O)C(C2)C1C. The van der Waals surface area contributed by atoms with Crippen LogP contribution in [0.1, 0.15) is 47.0 Å². The maximum atomic E-state index is 9.86. The standard InChI is InChI=1S/C13H24O/c1-8-9(2)12-6-10(8)5-11(12)7-13(3,4)14/h8-12,14H,5-7H2,1-4H3. The Hall–Kier alpha value is -0.0400. The maximum Gasteiger partial charge on any atom is 0.0594 e. The Balaban J connectivity index is 2.00. The fourth-order valence-corrected chi connectivity index (χ4v) is 3.97. The van der Waals surface area contributed by atoms with Crippen molar-refractivity contribution in [1.82, 2.24) is 0 Å². The molecule has 0 aromatic carbocycles. The van der Waals surface area contributed by atoms with E-state index in [1.54, 1.807) is 0 Å². The van der Waals surface area contributed by atoms with Crippen molar-refractivity contribution >= 4 is 0 Å². The van der Waals surface area contributed by atoms with E-state index in [9.17, 15) is 5.11 Å². The Morgan fingerprint density at radius 2 is 1.79 bits per heavy atom. The van der Waals surface area contributed by atoms with Gasteiger partial charge in [-0.15, -0.1) is 0 Å². The van der Waals surface area contributed by atoms with E-state index in [2.05, 4.69) is 13.8 Å². The lowest BCUT2D eigenvalue weighted by atomic mass is 9.72. The first kappa shape index (κ1) is 10.5. The molecule has 0 spiro atoms. The monoisotopic (exact) mass is 196 g/mol. The molecule has 1 nitrogen and oxygen atoms in total. The van der Waals surface area contributed by atoms with Gasteiger partial charge in [0.2, 0.25) is 0 Å². The van der Waals surface area contributed by atoms with E-state index in [0.717, 1.165) is 36.0 Å². The van der Waals surface area contributed by atoms with Gasteiger partial charge in [-0.05, 0) is 62.7 Å². The van der Waals surface area contributed by atoms with Gasteiger partial charge in [0, 0.05) is 0 Å². The summed E-state index contributed by atoms with van der Waals surface area (Å²) in [6, 6.07) is 0. The average molecular weight is 196 g/mol. The van der Waals surface area contributed by atoms with E-state index in [4.69, 9.17) is 0 Å². The van der Waals surface area contributed by atoms with E-state index < -0.39 is 5.60 Å². The van der Waals surface area contributed by atoms with Gasteiger partial charge in [-0.25, -0.2) is 0 Å². The van der Waals surface area contributed by atoms with Crippen LogP contribution in [0.2, 0.25) is 0 Å². The minimum Gasteiger partial charge on any atom is -0.390 e. The van der Waals surface area contributed by atoms with Gasteiger partial charge in [0.25, 0.3) is 0 Å². The Morgan fingerprint density at radius 3 is 2.21 bits per heavy atom. The molecular formula is C13H24O. The Bertz CT molecular complexity index is 214. The third kappa shape index (κ3) is 1.71. The molecule has 2 aliphatic rings. The van der Waals surface area contributed by atoms with E-state index in [1.807, 2.05) is 13.8 Å². The summed E-state index contributed by atoms with van der Waals surface area (Å²) in [5.74, 6) is 4.48. The quantitative estimate of drug-likeness (QED) is 0.719. The maximum absolute atomic E-state index is 9.86. The highest BCUT2D eigenvalue weighted by Gasteiger charge is 2.49. The fourth-order valence-electron chi connectivity index (χ4n) is 3.97. The third-order valence-electron chi connectivity index (χ3n) is 4.80. The molecule has 2 bridgehead atoms. The summed E-state index contributed by atoms with van der Waals surface area (Å²) in [6.45, 7) is 8.72. The second-order valence-corrected chi connectivity index (χ2v) is 6.39. The van der Waals surface area contributed by atoms with Gasteiger partial charge in [0.1, 0.15) is 0 Å². The van der Waals surface area contributed by atoms with Crippen LogP contribution in [0.15, 0.2) is 0 Å². The van der Waals surface area contributed by atoms with Gasteiger partial charge in [-0.1, -0.05) is 13.8 Å². The van der Waals surface area contributed by atoms with Crippen LogP contribution in [0.5, 0.6) is 0 Å². The average Bonchev–Trinajstić information content (AvgIpc) is 2.51. The molecule has 2 saturated carbocycles. The van der Waals surface area contributed by atoms with Gasteiger partial charge in [0.15, 0.2) is 0 Å². The first-order valence-electron chi connectivity index (χ1n) is 6.11. The molecule has 5 atom stereocenters. The molecule has 0 aromatic rings. The molecule has 0 aliphatic heterocycles. The van der Waals surface area contributed by atoms with Crippen LogP contribution in [-0.2, 0) is 0 Å². The Labute approximate surface area is 87.9 Å². The summed E-state index contributed by atoms with van der Waals surface area (Å²) < 4.78 is 0. The van der Waals surface area contributed by atoms with Gasteiger partial charge >= 0.3 is 0 Å². The van der Waals surface area contributed by atoms with Crippen LogP contribution >= 0.6 is 0 Å². The van der Waals surface area contributed by atoms with Crippen LogP contribution in [0.4, 0.5) is 0 Å². The van der Waals surface area contributed by atoms with Crippen molar-refractivity contribution in [2.24, 2.45) is 29.6 Å². The third-order valence-corrected chi connectivity index (χ3v) is 4.80. The lowest BCUT2D eigenvalue weighted by Crippen LogP contribution is -2.30. The first-order valence-corrected chi connectivity index (χ1v) is 6.11. The van der Waals surface area contributed by atoms with Crippen molar-refractivity contribution in [1.29, 1.82) is 0 Å². The van der Waals surface area contributed by atoms with Crippen molar-refractivity contribution in [2.75, 3.05) is 0 Å². The zero-order valence-electron chi connectivity index (χ0n) is 9.96. The molecule has 5 unspecified atom stereocenters. The van der Waals surface area contributed by atoms with Gasteiger partial charge in [-0.3, -0.25) is 0 Å². The molecule has 0 radical (unpaired) electrons. The zero-order valence-corrected chi connectivity index (χ0v) is 9.96. The van der Waals surface area contributed by atoms with Crippen molar-refractivity contribution in [3.63, 3.8) is 0 Å². The largest absolute Gasteiger partial charge is 0.390 e. The number of hydrogen-bond donors (Lipinski definition) is 1. The van der Waals surface area contributed by atoms with Gasteiger partial charge in [0.05, 0.1) is 5.60 Å². The summed E-state index contributed by atoms with van der Waals surface area (Å²) in [4.78, 5) is 0. The second kappa shape index (κ2) is 3.23. The lowest BCUT2D eigenvalue weighted by molar-refractivity contribution is 0.0309. The Kier molecular flexibility index (Phi) is 2.42. The summed E-state index contributed by atoms with van der Waals surface area (Å²) in [6.07, 6.45) is 3.81. The molecular weight excluding hydrogens is 172 g/mol. The summed E-state index contributed by atoms with van der Waals surface area (Å²) in [5.41, 5.74) is -0.460. The molecule has 0 amide bonds. The highest BCUT2D eigenvalue weighted by Crippen LogP contribution is 2.56. The molecule has 2 aliphatic carbocycles. The minimum absolute atomic E-state index is 0.460. The molecule has 0 aromatic heterocycles. The van der Waals surface area contributed by atoms with E-state index >= 15 is 0 Å². The van der Waals surface area contributed by atoms with Crippen LogP contribution in [0.25, 0.3) is 0 Å². The van der Waals surface area contributed by atoms with Crippen LogP contribution in [-0.4, -0.2) is 10.7 Å². The fraction of sp³-hybridized carbons (Fsp3) is 1.00. The molecule has 14 heavy (non-hydrogen) atoms. The predicted octanol–water partition coefficient (Wildman–Crippen LogP) is 3.08. The summed E-state index contributed by atoms with van der Waals surface area (Å²) >= 11 is 0. The van der Waals surface area contributed by atoms with Crippen molar-refractivity contribution in [2.45, 2.75) is 52.6 Å². The molecule has 1 N–H and O–H groups in total. The normalized spacial score (nSPS) is 47.4. The second-order valence-electron chi connectivity index (χ2n) is 6.39. The van der Waals surface area contributed by atoms with Crippen LogP contribution in [0, 0.1) is 29.6 Å². The molecule has 0 heterocycles. The van der Waals surface area contributed by atoms with Crippen molar-refractivity contribution in [3.8, 4) is 0 Å². The molecule has 2 rings (SSSR count). The number of aliphatic hydroxyl groups is 1. The highest BCUT2D eigenvalue weighted by atomic mass is 16.3. The zero-order chi connectivity index (χ0) is 10.5. The molecule has 2 fully saturated rings. The predicted molar refractivity (Wildman–Crippen MR) is 58.9 cm³/mol. The number of fused-ring (bicyclic) bond motifs is 2. The summed E-state index contributed by atoms with van der Waals surface area (Å²) in [7, 11) is 0. The molecule has 1 heteroatoms. The number of rotatable bonds is 2. The van der Waals surface area contributed by atoms with Crippen molar-refractivity contribution < 1.29 is 5.11 Å². The van der Waals surface area contributed by atoms with E-state index in [1.165, 1.54) is 12.8 Å². The van der Waals surface area contributed by atoms with Crippen LogP contribution < -0.4 is 0 Å². The van der Waals surface area contributed by atoms with Crippen LogP contribution in [0.3, 0.4) is 0 Å². The lowest BCUT2D eigenvalue weighted by Gasteiger charge is -2.34.